The second-order valence-electron chi connectivity index (χ2n) is 6.06. The molecule has 3 aromatic rings. The highest BCUT2D eigenvalue weighted by Gasteiger charge is 2.14. The maximum atomic E-state index is 4.55. The highest BCUT2D eigenvalue weighted by atomic mass is 32.1. The molecule has 3 heterocycles. The minimum atomic E-state index is 0.110. The Balaban J connectivity index is 1.76. The lowest BCUT2D eigenvalue weighted by molar-refractivity contribution is 0.587. The van der Waals surface area contributed by atoms with E-state index in [1.807, 2.05) is 35.8 Å². The van der Waals surface area contributed by atoms with Crippen LogP contribution in [0.2, 0.25) is 0 Å². The van der Waals surface area contributed by atoms with Gasteiger partial charge in [0, 0.05) is 17.8 Å². The largest absolute Gasteiger partial charge is 0.316 e. The first kappa shape index (κ1) is 14.7. The summed E-state index contributed by atoms with van der Waals surface area (Å²) >= 11 is 1.55. The molecule has 3 aromatic heterocycles. The molecule has 112 valence electrons. The molecule has 0 aliphatic heterocycles. The van der Waals surface area contributed by atoms with Crippen molar-refractivity contribution in [3.05, 3.63) is 53.7 Å². The van der Waals surface area contributed by atoms with Gasteiger partial charge >= 0.3 is 0 Å². The fourth-order valence-corrected chi connectivity index (χ4v) is 2.70. The molecule has 0 atom stereocenters. The third-order valence-electron chi connectivity index (χ3n) is 3.30. The van der Waals surface area contributed by atoms with E-state index >= 15 is 0 Å². The number of nitrogens with one attached hydrogen (secondary N) is 1. The molecule has 0 aliphatic carbocycles. The number of anilines is 2. The van der Waals surface area contributed by atoms with Crippen molar-refractivity contribution >= 4 is 22.3 Å². The number of hydrogen-bond acceptors (Lipinski definition) is 5. The van der Waals surface area contributed by atoms with Gasteiger partial charge in [0.2, 0.25) is 0 Å². The third kappa shape index (κ3) is 3.31. The van der Waals surface area contributed by atoms with Gasteiger partial charge in [0.05, 0.1) is 5.69 Å². The van der Waals surface area contributed by atoms with Gasteiger partial charge in [-0.25, -0.2) is 9.97 Å². The summed E-state index contributed by atoms with van der Waals surface area (Å²) in [6.07, 6.45) is 3.68. The van der Waals surface area contributed by atoms with Crippen LogP contribution in [0.3, 0.4) is 0 Å². The zero-order valence-corrected chi connectivity index (χ0v) is 13.7. The van der Waals surface area contributed by atoms with Crippen molar-refractivity contribution in [2.75, 3.05) is 5.32 Å². The van der Waals surface area contributed by atoms with Crippen molar-refractivity contribution in [2.24, 2.45) is 0 Å². The predicted octanol–water partition coefficient (Wildman–Crippen LogP) is 4.64. The van der Waals surface area contributed by atoms with E-state index in [0.717, 1.165) is 22.3 Å². The minimum Gasteiger partial charge on any atom is -0.316 e. The summed E-state index contributed by atoms with van der Waals surface area (Å²) in [4.78, 5) is 13.3. The zero-order valence-electron chi connectivity index (χ0n) is 12.9. The molecule has 0 unspecified atom stereocenters. The fourth-order valence-electron chi connectivity index (χ4n) is 1.98. The molecule has 0 amide bonds. The Labute approximate surface area is 134 Å². The van der Waals surface area contributed by atoms with Crippen LogP contribution >= 0.6 is 11.3 Å². The van der Waals surface area contributed by atoms with Crippen LogP contribution in [0.1, 0.15) is 26.3 Å². The normalized spacial score (nSPS) is 11.4. The number of hydrogen-bond donors (Lipinski definition) is 1. The molecule has 0 saturated carbocycles. The molecule has 5 heteroatoms. The summed E-state index contributed by atoms with van der Waals surface area (Å²) in [6.45, 7) is 6.53. The van der Waals surface area contributed by atoms with Crippen LogP contribution in [0, 0.1) is 0 Å². The molecule has 0 bridgehead atoms. The van der Waals surface area contributed by atoms with Crippen molar-refractivity contribution < 1.29 is 0 Å². The molecule has 0 aliphatic rings. The van der Waals surface area contributed by atoms with Gasteiger partial charge in [-0.1, -0.05) is 32.9 Å². The summed E-state index contributed by atoms with van der Waals surface area (Å²) in [5.74, 6) is 0.801. The molecule has 22 heavy (non-hydrogen) atoms. The van der Waals surface area contributed by atoms with Gasteiger partial charge in [0.25, 0.3) is 0 Å². The van der Waals surface area contributed by atoms with Gasteiger partial charge in [-0.05, 0) is 29.2 Å². The van der Waals surface area contributed by atoms with Gasteiger partial charge in [-0.2, -0.15) is 0 Å². The molecule has 0 fully saturated rings. The lowest BCUT2D eigenvalue weighted by Crippen LogP contribution is -2.11. The van der Waals surface area contributed by atoms with E-state index in [1.54, 1.807) is 17.5 Å². The Bertz CT molecular complexity index is 742. The van der Waals surface area contributed by atoms with E-state index in [1.165, 1.54) is 5.56 Å². The van der Waals surface area contributed by atoms with Gasteiger partial charge in [-0.3, -0.25) is 4.98 Å². The number of nitrogens with zero attached hydrogens (tertiary/aromatic N) is 3. The Kier molecular flexibility index (Phi) is 3.90. The average molecular weight is 310 g/mol. The maximum absolute atomic E-state index is 4.55. The second kappa shape index (κ2) is 5.85. The molecule has 0 radical (unpaired) electrons. The molecule has 0 aromatic carbocycles. The predicted molar refractivity (Wildman–Crippen MR) is 91.6 cm³/mol. The Morgan fingerprint density at radius 2 is 1.86 bits per heavy atom. The van der Waals surface area contributed by atoms with Crippen LogP contribution in [0.5, 0.6) is 0 Å². The first-order valence-electron chi connectivity index (χ1n) is 7.13. The molecule has 0 saturated heterocycles. The summed E-state index contributed by atoms with van der Waals surface area (Å²) in [7, 11) is 0. The summed E-state index contributed by atoms with van der Waals surface area (Å²) in [5.41, 5.74) is 3.08. The lowest BCUT2D eigenvalue weighted by Gasteiger charge is -2.18. The van der Waals surface area contributed by atoms with E-state index < -0.39 is 0 Å². The first-order chi connectivity index (χ1) is 10.5. The van der Waals surface area contributed by atoms with Gasteiger partial charge < -0.3 is 5.32 Å². The summed E-state index contributed by atoms with van der Waals surface area (Å²) < 4.78 is 0. The number of thiazole rings is 1. The highest BCUT2D eigenvalue weighted by molar-refractivity contribution is 7.14. The van der Waals surface area contributed by atoms with Crippen molar-refractivity contribution in [1.29, 1.82) is 0 Å². The van der Waals surface area contributed by atoms with Crippen molar-refractivity contribution in [3.63, 3.8) is 0 Å². The number of pyridine rings is 2. The topological polar surface area (TPSA) is 50.7 Å². The summed E-state index contributed by atoms with van der Waals surface area (Å²) in [6, 6.07) is 9.90. The van der Waals surface area contributed by atoms with Crippen LogP contribution in [0.25, 0.3) is 11.4 Å². The highest BCUT2D eigenvalue weighted by Crippen LogP contribution is 2.26. The number of rotatable bonds is 3. The third-order valence-corrected chi connectivity index (χ3v) is 4.05. The zero-order chi connectivity index (χ0) is 15.6. The second-order valence-corrected chi connectivity index (χ2v) is 6.92. The van der Waals surface area contributed by atoms with E-state index in [-0.39, 0.29) is 5.41 Å². The monoisotopic (exact) mass is 310 g/mol. The Morgan fingerprint density at radius 1 is 1.00 bits per heavy atom. The van der Waals surface area contributed by atoms with Gasteiger partial charge in [0.1, 0.15) is 11.5 Å². The molecular weight excluding hydrogens is 292 g/mol. The van der Waals surface area contributed by atoms with Crippen molar-refractivity contribution in [1.82, 2.24) is 15.0 Å². The summed E-state index contributed by atoms with van der Waals surface area (Å²) in [5, 5.41) is 6.05. The van der Waals surface area contributed by atoms with E-state index in [4.69, 9.17) is 0 Å². The van der Waals surface area contributed by atoms with Crippen LogP contribution < -0.4 is 5.32 Å². The standard InChI is InChI=1S/C17H18N4S/c1-17(2,3)12-7-8-15(19-10-12)21-16-20-14(11-22-16)13-6-4-5-9-18-13/h4-11H,1-3H3,(H,19,20,21). The van der Waals surface area contributed by atoms with Gasteiger partial charge in [-0.15, -0.1) is 11.3 Å². The Morgan fingerprint density at radius 3 is 2.50 bits per heavy atom. The van der Waals surface area contributed by atoms with Crippen molar-refractivity contribution in [3.8, 4) is 11.4 Å². The molecule has 3 rings (SSSR count). The Hall–Kier alpha value is -2.27. The van der Waals surface area contributed by atoms with E-state index in [9.17, 15) is 0 Å². The smallest absolute Gasteiger partial charge is 0.188 e. The van der Waals surface area contributed by atoms with E-state index in [2.05, 4.69) is 47.1 Å². The van der Waals surface area contributed by atoms with Crippen LogP contribution in [0.4, 0.5) is 10.9 Å². The molecule has 4 nitrogen and oxygen atoms in total. The lowest BCUT2D eigenvalue weighted by atomic mass is 9.88. The van der Waals surface area contributed by atoms with Crippen molar-refractivity contribution in [2.45, 2.75) is 26.2 Å². The van der Waals surface area contributed by atoms with Crippen LogP contribution in [0.15, 0.2) is 48.1 Å². The van der Waals surface area contributed by atoms with Crippen LogP contribution in [-0.2, 0) is 5.41 Å². The minimum absolute atomic E-state index is 0.110. The fraction of sp³-hybridized carbons (Fsp3) is 0.235. The van der Waals surface area contributed by atoms with E-state index in [0.29, 0.717) is 0 Å². The SMILES string of the molecule is CC(C)(C)c1ccc(Nc2nc(-c3ccccn3)cs2)nc1. The molecule has 1 N–H and O–H groups in total. The quantitative estimate of drug-likeness (QED) is 0.765. The number of aromatic nitrogens is 3. The maximum Gasteiger partial charge on any atom is 0.188 e. The van der Waals surface area contributed by atoms with Gasteiger partial charge in [0.15, 0.2) is 5.13 Å². The van der Waals surface area contributed by atoms with Crippen LogP contribution in [-0.4, -0.2) is 15.0 Å². The average Bonchev–Trinajstić information content (AvgIpc) is 2.96. The molecule has 0 spiro atoms. The first-order valence-corrected chi connectivity index (χ1v) is 8.01. The molecular formula is C17H18N4S.